The maximum absolute atomic E-state index is 4.34. The zero-order valence-corrected chi connectivity index (χ0v) is 8.61. The van der Waals surface area contributed by atoms with E-state index in [1.54, 1.807) is 0 Å². The molecular weight excluding hydrogens is 174 g/mol. The SMILES string of the molecule is C[C@H]1CN(Cc2ccccn2)CCN1. The first-order valence-corrected chi connectivity index (χ1v) is 5.20. The van der Waals surface area contributed by atoms with Gasteiger partial charge in [0, 0.05) is 38.4 Å². The molecular formula is C11H17N3. The summed E-state index contributed by atoms with van der Waals surface area (Å²) in [4.78, 5) is 6.78. The summed E-state index contributed by atoms with van der Waals surface area (Å²) < 4.78 is 0. The highest BCUT2D eigenvalue weighted by Gasteiger charge is 2.15. The van der Waals surface area contributed by atoms with Crippen LogP contribution in [0.1, 0.15) is 12.6 Å². The van der Waals surface area contributed by atoms with Crippen molar-refractivity contribution in [1.29, 1.82) is 0 Å². The van der Waals surface area contributed by atoms with Crippen molar-refractivity contribution in [2.45, 2.75) is 19.5 Å². The zero-order chi connectivity index (χ0) is 9.80. The highest BCUT2D eigenvalue weighted by molar-refractivity contribution is 5.03. The second kappa shape index (κ2) is 4.53. The summed E-state index contributed by atoms with van der Waals surface area (Å²) in [6.45, 7) is 6.54. The Morgan fingerprint density at radius 3 is 3.21 bits per heavy atom. The van der Waals surface area contributed by atoms with Crippen molar-refractivity contribution < 1.29 is 0 Å². The number of aromatic nitrogens is 1. The van der Waals surface area contributed by atoms with E-state index < -0.39 is 0 Å². The molecule has 3 nitrogen and oxygen atoms in total. The number of nitrogens with zero attached hydrogens (tertiary/aromatic N) is 2. The van der Waals surface area contributed by atoms with Crippen LogP contribution in [-0.4, -0.2) is 35.6 Å². The van der Waals surface area contributed by atoms with Gasteiger partial charge in [0.1, 0.15) is 0 Å². The van der Waals surface area contributed by atoms with Crippen molar-refractivity contribution in [3.63, 3.8) is 0 Å². The monoisotopic (exact) mass is 191 g/mol. The standard InChI is InChI=1S/C11H17N3/c1-10-8-14(7-6-12-10)9-11-4-2-3-5-13-11/h2-5,10,12H,6-9H2,1H3/t10-/m0/s1. The molecule has 1 atom stereocenters. The molecule has 0 bridgehead atoms. The molecule has 1 saturated heterocycles. The fourth-order valence-electron chi connectivity index (χ4n) is 1.88. The fourth-order valence-corrected chi connectivity index (χ4v) is 1.88. The number of piperazine rings is 1. The minimum atomic E-state index is 0.604. The van der Waals surface area contributed by atoms with Gasteiger partial charge in [-0.25, -0.2) is 0 Å². The summed E-state index contributed by atoms with van der Waals surface area (Å²) in [5.41, 5.74) is 1.17. The van der Waals surface area contributed by atoms with E-state index in [-0.39, 0.29) is 0 Å². The first kappa shape index (κ1) is 9.62. The molecule has 14 heavy (non-hydrogen) atoms. The van der Waals surface area contributed by atoms with Crippen molar-refractivity contribution in [3.05, 3.63) is 30.1 Å². The summed E-state index contributed by atoms with van der Waals surface area (Å²) in [6, 6.07) is 6.71. The second-order valence-corrected chi connectivity index (χ2v) is 3.91. The number of hydrogen-bond donors (Lipinski definition) is 1. The van der Waals surface area contributed by atoms with Gasteiger partial charge in [0.2, 0.25) is 0 Å². The van der Waals surface area contributed by atoms with Crippen LogP contribution in [0.15, 0.2) is 24.4 Å². The third-order valence-electron chi connectivity index (χ3n) is 2.56. The Hall–Kier alpha value is -0.930. The molecule has 1 aliphatic heterocycles. The molecule has 0 aromatic carbocycles. The van der Waals surface area contributed by atoms with Crippen LogP contribution in [0, 0.1) is 0 Å². The van der Waals surface area contributed by atoms with Gasteiger partial charge < -0.3 is 5.32 Å². The molecule has 2 rings (SSSR count). The quantitative estimate of drug-likeness (QED) is 0.752. The average Bonchev–Trinajstić information content (AvgIpc) is 2.19. The first-order chi connectivity index (χ1) is 6.84. The van der Waals surface area contributed by atoms with E-state index in [0.717, 1.165) is 26.2 Å². The van der Waals surface area contributed by atoms with Gasteiger partial charge in [-0.1, -0.05) is 6.07 Å². The molecule has 1 fully saturated rings. The Balaban J connectivity index is 1.91. The van der Waals surface area contributed by atoms with Crippen molar-refractivity contribution in [1.82, 2.24) is 15.2 Å². The first-order valence-electron chi connectivity index (χ1n) is 5.20. The van der Waals surface area contributed by atoms with E-state index in [2.05, 4.69) is 28.2 Å². The molecule has 3 heteroatoms. The Labute approximate surface area is 85.1 Å². The molecule has 1 aliphatic rings. The van der Waals surface area contributed by atoms with Crippen LogP contribution >= 0.6 is 0 Å². The van der Waals surface area contributed by atoms with Gasteiger partial charge in [0.15, 0.2) is 0 Å². The van der Waals surface area contributed by atoms with Crippen LogP contribution in [-0.2, 0) is 6.54 Å². The lowest BCUT2D eigenvalue weighted by atomic mass is 10.2. The van der Waals surface area contributed by atoms with Crippen molar-refractivity contribution >= 4 is 0 Å². The number of nitrogens with one attached hydrogen (secondary N) is 1. The lowest BCUT2D eigenvalue weighted by molar-refractivity contribution is 0.197. The zero-order valence-electron chi connectivity index (χ0n) is 8.61. The molecule has 1 N–H and O–H groups in total. The van der Waals surface area contributed by atoms with Gasteiger partial charge in [-0.3, -0.25) is 9.88 Å². The van der Waals surface area contributed by atoms with Gasteiger partial charge in [0.25, 0.3) is 0 Å². The molecule has 76 valence electrons. The summed E-state index contributed by atoms with van der Waals surface area (Å²) >= 11 is 0. The lowest BCUT2D eigenvalue weighted by Gasteiger charge is -2.31. The van der Waals surface area contributed by atoms with Crippen molar-refractivity contribution in [3.8, 4) is 0 Å². The van der Waals surface area contributed by atoms with E-state index in [9.17, 15) is 0 Å². The molecule has 1 aromatic rings. The molecule has 2 heterocycles. The summed E-state index contributed by atoms with van der Waals surface area (Å²) in [7, 11) is 0. The summed E-state index contributed by atoms with van der Waals surface area (Å²) in [6.07, 6.45) is 1.86. The highest BCUT2D eigenvalue weighted by atomic mass is 15.2. The Morgan fingerprint density at radius 2 is 2.50 bits per heavy atom. The predicted octanol–water partition coefficient (Wildman–Crippen LogP) is 0.875. The Morgan fingerprint density at radius 1 is 1.57 bits per heavy atom. The number of hydrogen-bond acceptors (Lipinski definition) is 3. The van der Waals surface area contributed by atoms with Crippen molar-refractivity contribution in [2.24, 2.45) is 0 Å². The smallest absolute Gasteiger partial charge is 0.0543 e. The summed E-state index contributed by atoms with van der Waals surface area (Å²) in [5.74, 6) is 0. The van der Waals surface area contributed by atoms with E-state index in [1.165, 1.54) is 5.69 Å². The molecule has 0 aliphatic carbocycles. The highest BCUT2D eigenvalue weighted by Crippen LogP contribution is 2.04. The summed E-state index contributed by atoms with van der Waals surface area (Å²) in [5, 5.41) is 3.44. The van der Waals surface area contributed by atoms with E-state index in [0.29, 0.717) is 6.04 Å². The molecule has 0 radical (unpaired) electrons. The van der Waals surface area contributed by atoms with Crippen molar-refractivity contribution in [2.75, 3.05) is 19.6 Å². The second-order valence-electron chi connectivity index (χ2n) is 3.91. The maximum atomic E-state index is 4.34. The third kappa shape index (κ3) is 2.53. The Bertz CT molecular complexity index is 273. The van der Waals surface area contributed by atoms with E-state index in [1.807, 2.05) is 18.3 Å². The van der Waals surface area contributed by atoms with E-state index in [4.69, 9.17) is 0 Å². The van der Waals surface area contributed by atoms with Crippen LogP contribution in [0.25, 0.3) is 0 Å². The molecule has 0 spiro atoms. The fraction of sp³-hybridized carbons (Fsp3) is 0.545. The number of pyridine rings is 1. The minimum absolute atomic E-state index is 0.604. The van der Waals surface area contributed by atoms with Gasteiger partial charge in [0.05, 0.1) is 5.69 Å². The minimum Gasteiger partial charge on any atom is -0.312 e. The van der Waals surface area contributed by atoms with Crippen LogP contribution < -0.4 is 5.32 Å². The predicted molar refractivity (Wildman–Crippen MR) is 57.0 cm³/mol. The van der Waals surface area contributed by atoms with Crippen LogP contribution in [0.4, 0.5) is 0 Å². The van der Waals surface area contributed by atoms with Crippen LogP contribution in [0.2, 0.25) is 0 Å². The van der Waals surface area contributed by atoms with E-state index >= 15 is 0 Å². The molecule has 0 amide bonds. The van der Waals surface area contributed by atoms with Crippen LogP contribution in [0.3, 0.4) is 0 Å². The lowest BCUT2D eigenvalue weighted by Crippen LogP contribution is -2.48. The average molecular weight is 191 g/mol. The molecule has 0 unspecified atom stereocenters. The topological polar surface area (TPSA) is 28.2 Å². The maximum Gasteiger partial charge on any atom is 0.0543 e. The van der Waals surface area contributed by atoms with Gasteiger partial charge in [-0.2, -0.15) is 0 Å². The van der Waals surface area contributed by atoms with Crippen LogP contribution in [0.5, 0.6) is 0 Å². The molecule has 0 saturated carbocycles. The number of rotatable bonds is 2. The van der Waals surface area contributed by atoms with Gasteiger partial charge >= 0.3 is 0 Å². The van der Waals surface area contributed by atoms with Gasteiger partial charge in [-0.05, 0) is 19.1 Å². The Kier molecular flexibility index (Phi) is 3.11. The third-order valence-corrected chi connectivity index (χ3v) is 2.56. The normalized spacial score (nSPS) is 23.6. The molecule has 1 aromatic heterocycles. The van der Waals surface area contributed by atoms with Gasteiger partial charge in [-0.15, -0.1) is 0 Å². The largest absolute Gasteiger partial charge is 0.312 e.